The first-order valence-electron chi connectivity index (χ1n) is 10.4. The van der Waals surface area contributed by atoms with Crippen LogP contribution in [0.15, 0.2) is 24.3 Å². The van der Waals surface area contributed by atoms with Gasteiger partial charge in [-0.1, -0.05) is 26.0 Å². The van der Waals surface area contributed by atoms with Crippen LogP contribution >= 0.6 is 0 Å². The van der Waals surface area contributed by atoms with E-state index in [0.717, 1.165) is 51.0 Å². The number of aryl methyl sites for hydroxylation is 1. The lowest BCUT2D eigenvalue weighted by Gasteiger charge is -2.35. The minimum Gasteiger partial charge on any atom is -0.344 e. The van der Waals surface area contributed by atoms with Crippen LogP contribution in [-0.4, -0.2) is 60.9 Å². The molecule has 1 aliphatic rings. The fourth-order valence-electron chi connectivity index (χ4n) is 3.47. The quantitative estimate of drug-likeness (QED) is 0.659. The number of hydrogen-bond acceptors (Lipinski definition) is 3. The van der Waals surface area contributed by atoms with E-state index in [2.05, 4.69) is 31.1 Å². The largest absolute Gasteiger partial charge is 0.344 e. The second kappa shape index (κ2) is 11.1. The predicted octanol–water partition coefficient (Wildman–Crippen LogP) is 2.84. The molecule has 2 amide bonds. The molecule has 1 fully saturated rings. The van der Waals surface area contributed by atoms with Crippen LogP contribution < -0.4 is 5.32 Å². The van der Waals surface area contributed by atoms with Gasteiger partial charge in [-0.05, 0) is 56.3 Å². The fourth-order valence-corrected chi connectivity index (χ4v) is 3.47. The van der Waals surface area contributed by atoms with Gasteiger partial charge < -0.3 is 15.1 Å². The third-order valence-corrected chi connectivity index (χ3v) is 5.19. The van der Waals surface area contributed by atoms with Crippen molar-refractivity contribution in [2.75, 3.05) is 33.2 Å². The Hall–Kier alpha value is -1.95. The van der Waals surface area contributed by atoms with E-state index in [1.165, 1.54) is 12.1 Å². The molecule has 5 nitrogen and oxygen atoms in total. The van der Waals surface area contributed by atoms with Crippen molar-refractivity contribution in [3.63, 3.8) is 0 Å². The van der Waals surface area contributed by atoms with E-state index in [1.54, 1.807) is 12.1 Å². The number of rotatable bonds is 9. The average Bonchev–Trinajstić information content (AvgIpc) is 2.66. The second-order valence-electron chi connectivity index (χ2n) is 8.21. The lowest BCUT2D eigenvalue weighted by Crippen LogP contribution is -2.54. The normalized spacial score (nSPS) is 16.2. The number of nitrogens with one attached hydrogen (secondary N) is 1. The number of piperazine rings is 1. The van der Waals surface area contributed by atoms with Gasteiger partial charge >= 0.3 is 0 Å². The first-order valence-corrected chi connectivity index (χ1v) is 10.4. The molecule has 1 N–H and O–H groups in total. The van der Waals surface area contributed by atoms with Crippen LogP contribution in [0.4, 0.5) is 4.39 Å². The lowest BCUT2D eigenvalue weighted by molar-refractivity contribution is -0.138. The van der Waals surface area contributed by atoms with Gasteiger partial charge in [-0.2, -0.15) is 0 Å². The SMILES string of the molecule is CC(C)C[C@H](NC(=O)CCCCc1ccc(F)cc1)C(=O)N1CCN(C)CC1. The van der Waals surface area contributed by atoms with Crippen LogP contribution in [-0.2, 0) is 16.0 Å². The summed E-state index contributed by atoms with van der Waals surface area (Å²) >= 11 is 0. The molecule has 2 rings (SSSR count). The Balaban J connectivity index is 1.77. The molecule has 1 atom stereocenters. The van der Waals surface area contributed by atoms with E-state index in [4.69, 9.17) is 0 Å². The fraction of sp³-hybridized carbons (Fsp3) is 0.636. The molecule has 1 heterocycles. The number of carbonyl (C=O) groups excluding carboxylic acids is 2. The molecule has 0 aromatic heterocycles. The van der Waals surface area contributed by atoms with Gasteiger partial charge in [0.25, 0.3) is 0 Å². The first kappa shape index (κ1) is 22.3. The average molecular weight is 392 g/mol. The number of amides is 2. The molecule has 0 bridgehead atoms. The maximum absolute atomic E-state index is 12.9. The van der Waals surface area contributed by atoms with Gasteiger partial charge in [-0.3, -0.25) is 9.59 Å². The van der Waals surface area contributed by atoms with Crippen molar-refractivity contribution in [3.05, 3.63) is 35.6 Å². The van der Waals surface area contributed by atoms with Crippen molar-refractivity contribution in [1.82, 2.24) is 15.1 Å². The maximum atomic E-state index is 12.9. The molecule has 1 aromatic rings. The second-order valence-corrected chi connectivity index (χ2v) is 8.21. The van der Waals surface area contributed by atoms with Crippen molar-refractivity contribution in [2.45, 2.75) is 52.0 Å². The Kier molecular flexibility index (Phi) is 8.90. The van der Waals surface area contributed by atoms with E-state index < -0.39 is 6.04 Å². The van der Waals surface area contributed by atoms with E-state index >= 15 is 0 Å². The molecule has 0 radical (unpaired) electrons. The maximum Gasteiger partial charge on any atom is 0.245 e. The van der Waals surface area contributed by atoms with Gasteiger partial charge in [0.1, 0.15) is 11.9 Å². The number of nitrogens with zero attached hydrogens (tertiary/aromatic N) is 2. The Morgan fingerprint density at radius 3 is 2.32 bits per heavy atom. The number of carbonyl (C=O) groups is 2. The molecule has 156 valence electrons. The third kappa shape index (κ3) is 7.58. The van der Waals surface area contributed by atoms with Crippen LogP contribution in [0.3, 0.4) is 0 Å². The van der Waals surface area contributed by atoms with Crippen molar-refractivity contribution in [2.24, 2.45) is 5.92 Å². The van der Waals surface area contributed by atoms with E-state index in [0.29, 0.717) is 18.8 Å². The molecule has 0 saturated carbocycles. The Bertz CT molecular complexity index is 625. The number of halogens is 1. The molecule has 1 aliphatic heterocycles. The van der Waals surface area contributed by atoms with Gasteiger partial charge in [0.05, 0.1) is 0 Å². The number of hydrogen-bond donors (Lipinski definition) is 1. The van der Waals surface area contributed by atoms with Crippen LogP contribution in [0.5, 0.6) is 0 Å². The summed E-state index contributed by atoms with van der Waals surface area (Å²) in [5.74, 6) is 0.0817. The molecule has 6 heteroatoms. The van der Waals surface area contributed by atoms with Gasteiger partial charge in [-0.25, -0.2) is 4.39 Å². The van der Waals surface area contributed by atoms with E-state index in [1.807, 2.05) is 4.90 Å². The van der Waals surface area contributed by atoms with Gasteiger partial charge in [0, 0.05) is 32.6 Å². The van der Waals surface area contributed by atoms with Gasteiger partial charge in [0.2, 0.25) is 11.8 Å². The van der Waals surface area contributed by atoms with Crippen molar-refractivity contribution in [1.29, 1.82) is 0 Å². The zero-order valence-electron chi connectivity index (χ0n) is 17.4. The number of benzene rings is 1. The smallest absolute Gasteiger partial charge is 0.245 e. The van der Waals surface area contributed by atoms with Crippen LogP contribution in [0.25, 0.3) is 0 Å². The zero-order valence-corrected chi connectivity index (χ0v) is 17.4. The summed E-state index contributed by atoms with van der Waals surface area (Å²) in [6.45, 7) is 7.32. The number of likely N-dealkylation sites (N-methyl/N-ethyl adjacent to an activating group) is 1. The van der Waals surface area contributed by atoms with Gasteiger partial charge in [0.15, 0.2) is 0 Å². The molecular weight excluding hydrogens is 357 g/mol. The summed E-state index contributed by atoms with van der Waals surface area (Å²) in [7, 11) is 2.06. The summed E-state index contributed by atoms with van der Waals surface area (Å²) in [6.07, 6.45) is 3.50. The standard InChI is InChI=1S/C22H34FN3O2/c1-17(2)16-20(22(28)26-14-12-25(3)13-15-26)24-21(27)7-5-4-6-18-8-10-19(23)11-9-18/h8-11,17,20H,4-7,12-16H2,1-3H3,(H,24,27)/t20-/m0/s1. The summed E-state index contributed by atoms with van der Waals surface area (Å²) in [5.41, 5.74) is 1.07. The summed E-state index contributed by atoms with van der Waals surface area (Å²) in [5, 5.41) is 2.97. The van der Waals surface area contributed by atoms with Crippen LogP contribution in [0.2, 0.25) is 0 Å². The highest BCUT2D eigenvalue weighted by Gasteiger charge is 2.28. The molecule has 1 saturated heterocycles. The lowest BCUT2D eigenvalue weighted by atomic mass is 10.0. The van der Waals surface area contributed by atoms with Crippen molar-refractivity contribution in [3.8, 4) is 0 Å². The highest BCUT2D eigenvalue weighted by atomic mass is 19.1. The topological polar surface area (TPSA) is 52.7 Å². The minimum atomic E-state index is -0.437. The van der Waals surface area contributed by atoms with Gasteiger partial charge in [-0.15, -0.1) is 0 Å². The molecule has 28 heavy (non-hydrogen) atoms. The Labute approximate surface area is 168 Å². The van der Waals surface area contributed by atoms with Crippen LogP contribution in [0, 0.1) is 11.7 Å². The molecule has 0 spiro atoms. The van der Waals surface area contributed by atoms with Crippen molar-refractivity contribution >= 4 is 11.8 Å². The third-order valence-electron chi connectivity index (χ3n) is 5.19. The van der Waals surface area contributed by atoms with Crippen LogP contribution in [0.1, 0.15) is 45.1 Å². The van der Waals surface area contributed by atoms with E-state index in [-0.39, 0.29) is 17.6 Å². The monoisotopic (exact) mass is 391 g/mol. The Morgan fingerprint density at radius 2 is 1.71 bits per heavy atom. The van der Waals surface area contributed by atoms with E-state index in [9.17, 15) is 14.0 Å². The van der Waals surface area contributed by atoms with Crippen molar-refractivity contribution < 1.29 is 14.0 Å². The minimum absolute atomic E-state index is 0.0430. The highest BCUT2D eigenvalue weighted by Crippen LogP contribution is 2.12. The summed E-state index contributed by atoms with van der Waals surface area (Å²) < 4.78 is 12.9. The highest BCUT2D eigenvalue weighted by molar-refractivity contribution is 5.87. The zero-order chi connectivity index (χ0) is 20.5. The number of unbranched alkanes of at least 4 members (excludes halogenated alkanes) is 1. The first-order chi connectivity index (χ1) is 13.3. The molecule has 1 aromatic carbocycles. The Morgan fingerprint density at radius 1 is 1.07 bits per heavy atom. The summed E-state index contributed by atoms with van der Waals surface area (Å²) in [6, 6.07) is 6.05. The predicted molar refractivity (Wildman–Crippen MR) is 109 cm³/mol. The molecule has 0 aliphatic carbocycles. The molecule has 0 unspecified atom stereocenters. The summed E-state index contributed by atoms with van der Waals surface area (Å²) in [4.78, 5) is 29.4. The molecular formula is C22H34FN3O2.